The molecule has 2 rings (SSSR count). The molecule has 1 aliphatic rings. The van der Waals surface area contributed by atoms with Crippen LogP contribution in [0.1, 0.15) is 31.5 Å². The molecule has 0 bridgehead atoms. The first kappa shape index (κ1) is 10.0. The van der Waals surface area contributed by atoms with Crippen molar-refractivity contribution in [2.75, 3.05) is 6.61 Å². The van der Waals surface area contributed by atoms with Crippen molar-refractivity contribution >= 4 is 0 Å². The molecule has 1 aromatic heterocycles. The Kier molecular flexibility index (Phi) is 3.74. The minimum Gasteiger partial charge on any atom is -0.492 e. The number of fused-ring (bicyclic) bond motifs is 1. The summed E-state index contributed by atoms with van der Waals surface area (Å²) < 4.78 is 5.42. The summed E-state index contributed by atoms with van der Waals surface area (Å²) in [5.74, 6) is 0.974. The molecule has 1 aliphatic heterocycles. The molecule has 0 saturated carbocycles. The number of hydrogen-bond donors (Lipinski definition) is 0. The first-order chi connectivity index (χ1) is 6.36. The van der Waals surface area contributed by atoms with Crippen LogP contribution in [-0.4, -0.2) is 11.6 Å². The van der Waals surface area contributed by atoms with Crippen LogP contribution in [0.25, 0.3) is 0 Å². The van der Waals surface area contributed by atoms with Crippen molar-refractivity contribution in [1.29, 1.82) is 0 Å². The fraction of sp³-hybridized carbons (Fsp3) is 0.545. The van der Waals surface area contributed by atoms with Gasteiger partial charge in [0.25, 0.3) is 0 Å². The average molecular weight is 179 g/mol. The Morgan fingerprint density at radius 3 is 2.92 bits per heavy atom. The van der Waals surface area contributed by atoms with Crippen molar-refractivity contribution in [2.24, 2.45) is 0 Å². The Labute approximate surface area is 80.0 Å². The molecule has 0 fully saturated rings. The summed E-state index contributed by atoms with van der Waals surface area (Å²) >= 11 is 0. The molecule has 1 aromatic rings. The molecule has 0 atom stereocenters. The van der Waals surface area contributed by atoms with Crippen LogP contribution >= 0.6 is 0 Å². The maximum absolute atomic E-state index is 5.42. The minimum atomic E-state index is 0.845. The zero-order valence-electron chi connectivity index (χ0n) is 8.63. The summed E-state index contributed by atoms with van der Waals surface area (Å²) in [4.78, 5) is 4.17. The lowest BCUT2D eigenvalue weighted by Gasteiger charge is -2.16. The van der Waals surface area contributed by atoms with Gasteiger partial charge >= 0.3 is 0 Å². The van der Waals surface area contributed by atoms with Crippen LogP contribution in [0.5, 0.6) is 5.75 Å². The van der Waals surface area contributed by atoms with Crippen molar-refractivity contribution < 1.29 is 4.74 Å². The number of aromatic nitrogens is 1. The molecule has 2 heteroatoms. The average Bonchev–Trinajstić information content (AvgIpc) is 2.21. The van der Waals surface area contributed by atoms with E-state index in [1.54, 1.807) is 0 Å². The van der Waals surface area contributed by atoms with Crippen LogP contribution in [-0.2, 0) is 6.42 Å². The van der Waals surface area contributed by atoms with E-state index in [4.69, 9.17) is 4.74 Å². The molecule has 0 aromatic carbocycles. The van der Waals surface area contributed by atoms with Gasteiger partial charge in [0, 0.05) is 5.69 Å². The zero-order chi connectivity index (χ0) is 9.68. The van der Waals surface area contributed by atoms with Crippen LogP contribution < -0.4 is 4.74 Å². The minimum absolute atomic E-state index is 0.845. The summed E-state index contributed by atoms with van der Waals surface area (Å²) in [5.41, 5.74) is 2.39. The number of rotatable bonds is 0. The van der Waals surface area contributed by atoms with Crippen LogP contribution in [0.4, 0.5) is 0 Å². The normalized spacial score (nSPS) is 13.5. The second-order valence-corrected chi connectivity index (χ2v) is 2.89. The van der Waals surface area contributed by atoms with Crippen LogP contribution in [0.3, 0.4) is 0 Å². The smallest absolute Gasteiger partial charge is 0.140 e. The third-order valence-electron chi connectivity index (χ3n) is 1.93. The quantitative estimate of drug-likeness (QED) is 0.611. The number of pyridine rings is 1. The number of hydrogen-bond acceptors (Lipinski definition) is 2. The standard InChI is InChI=1S/C9H11NO.C2H6/c1-7-5-8-3-2-4-11-9(8)6-10-7;1-2/h5-6H,2-4H2,1H3;1-2H3. The fourth-order valence-electron chi connectivity index (χ4n) is 1.37. The lowest BCUT2D eigenvalue weighted by atomic mass is 10.1. The van der Waals surface area contributed by atoms with Crippen molar-refractivity contribution in [3.63, 3.8) is 0 Å². The summed E-state index contributed by atoms with van der Waals surface area (Å²) in [6.45, 7) is 6.85. The first-order valence-electron chi connectivity index (χ1n) is 4.94. The first-order valence-corrected chi connectivity index (χ1v) is 4.94. The molecule has 0 radical (unpaired) electrons. The van der Waals surface area contributed by atoms with E-state index < -0.39 is 0 Å². The van der Waals surface area contributed by atoms with Gasteiger partial charge in [0.05, 0.1) is 12.8 Å². The molecule has 0 saturated heterocycles. The summed E-state index contributed by atoms with van der Waals surface area (Å²) in [7, 11) is 0. The van der Waals surface area contributed by atoms with Gasteiger partial charge in [-0.3, -0.25) is 4.98 Å². The third kappa shape index (κ3) is 2.44. The molecular formula is C11H17NO. The van der Waals surface area contributed by atoms with Gasteiger partial charge in [-0.15, -0.1) is 0 Å². The maximum Gasteiger partial charge on any atom is 0.140 e. The predicted molar refractivity (Wildman–Crippen MR) is 54.1 cm³/mol. The number of aryl methyl sites for hydroxylation is 2. The van der Waals surface area contributed by atoms with Gasteiger partial charge in [0.2, 0.25) is 0 Å². The van der Waals surface area contributed by atoms with E-state index in [1.807, 2.05) is 27.0 Å². The van der Waals surface area contributed by atoms with Gasteiger partial charge in [0.1, 0.15) is 5.75 Å². The molecule has 0 aliphatic carbocycles. The predicted octanol–water partition coefficient (Wildman–Crippen LogP) is 2.74. The van der Waals surface area contributed by atoms with Crippen LogP contribution in [0.2, 0.25) is 0 Å². The molecule has 0 spiro atoms. The Hall–Kier alpha value is -1.05. The van der Waals surface area contributed by atoms with Crippen molar-refractivity contribution in [1.82, 2.24) is 4.98 Å². The Morgan fingerprint density at radius 2 is 2.15 bits per heavy atom. The number of nitrogens with zero attached hydrogens (tertiary/aromatic N) is 1. The lowest BCUT2D eigenvalue weighted by molar-refractivity contribution is 0.287. The van der Waals surface area contributed by atoms with Gasteiger partial charge in [-0.2, -0.15) is 0 Å². The van der Waals surface area contributed by atoms with E-state index in [1.165, 1.54) is 5.56 Å². The molecule has 2 heterocycles. The zero-order valence-corrected chi connectivity index (χ0v) is 8.63. The Balaban J connectivity index is 0.000000396. The van der Waals surface area contributed by atoms with Gasteiger partial charge in [0.15, 0.2) is 0 Å². The largest absolute Gasteiger partial charge is 0.492 e. The highest BCUT2D eigenvalue weighted by Crippen LogP contribution is 2.23. The second kappa shape index (κ2) is 4.85. The SMILES string of the molecule is CC.Cc1cc2c(cn1)OCCC2. The summed E-state index contributed by atoms with van der Waals surface area (Å²) in [6, 6.07) is 2.11. The van der Waals surface area contributed by atoms with Crippen molar-refractivity contribution in [3.05, 3.63) is 23.5 Å². The summed E-state index contributed by atoms with van der Waals surface area (Å²) in [5, 5.41) is 0. The molecule has 13 heavy (non-hydrogen) atoms. The highest BCUT2D eigenvalue weighted by Gasteiger charge is 2.09. The van der Waals surface area contributed by atoms with E-state index in [2.05, 4.69) is 11.1 Å². The van der Waals surface area contributed by atoms with E-state index in [-0.39, 0.29) is 0 Å². The Bertz CT molecular complexity index is 271. The van der Waals surface area contributed by atoms with Gasteiger partial charge in [-0.05, 0) is 31.4 Å². The van der Waals surface area contributed by atoms with Crippen LogP contribution in [0.15, 0.2) is 12.3 Å². The highest BCUT2D eigenvalue weighted by atomic mass is 16.5. The summed E-state index contributed by atoms with van der Waals surface area (Å²) in [6.07, 6.45) is 4.10. The van der Waals surface area contributed by atoms with Crippen molar-refractivity contribution in [2.45, 2.75) is 33.6 Å². The van der Waals surface area contributed by atoms with Gasteiger partial charge in [-0.1, -0.05) is 13.8 Å². The molecular weight excluding hydrogens is 162 g/mol. The van der Waals surface area contributed by atoms with Crippen LogP contribution in [0, 0.1) is 6.92 Å². The Morgan fingerprint density at radius 1 is 1.38 bits per heavy atom. The maximum atomic E-state index is 5.42. The second-order valence-electron chi connectivity index (χ2n) is 2.89. The van der Waals surface area contributed by atoms with Gasteiger partial charge < -0.3 is 4.74 Å². The molecule has 0 unspecified atom stereocenters. The third-order valence-corrected chi connectivity index (χ3v) is 1.93. The monoisotopic (exact) mass is 179 g/mol. The lowest BCUT2D eigenvalue weighted by Crippen LogP contribution is -2.08. The molecule has 0 amide bonds. The molecule has 0 N–H and O–H groups in total. The van der Waals surface area contributed by atoms with Gasteiger partial charge in [-0.25, -0.2) is 0 Å². The highest BCUT2D eigenvalue weighted by molar-refractivity contribution is 5.33. The molecule has 2 nitrogen and oxygen atoms in total. The number of ether oxygens (including phenoxy) is 1. The topological polar surface area (TPSA) is 22.1 Å². The van der Waals surface area contributed by atoms with Crippen molar-refractivity contribution in [3.8, 4) is 5.75 Å². The van der Waals surface area contributed by atoms with E-state index >= 15 is 0 Å². The fourth-order valence-corrected chi connectivity index (χ4v) is 1.37. The van der Waals surface area contributed by atoms with E-state index in [0.29, 0.717) is 0 Å². The molecule has 72 valence electrons. The van der Waals surface area contributed by atoms with E-state index in [9.17, 15) is 0 Å². The van der Waals surface area contributed by atoms with E-state index in [0.717, 1.165) is 30.9 Å².